The van der Waals surface area contributed by atoms with Gasteiger partial charge >= 0.3 is 6.09 Å². The number of sulfone groups is 1. The molecule has 1 aromatic carbocycles. The molecule has 178 valence electrons. The van der Waals surface area contributed by atoms with Crippen LogP contribution in [0.25, 0.3) is 11.1 Å². The van der Waals surface area contributed by atoms with Crippen molar-refractivity contribution in [1.82, 2.24) is 9.55 Å². The lowest BCUT2D eigenvalue weighted by Gasteiger charge is -2.10. The van der Waals surface area contributed by atoms with Gasteiger partial charge in [-0.2, -0.15) is 0 Å². The molecule has 0 saturated carbocycles. The zero-order valence-electron chi connectivity index (χ0n) is 19.3. The first-order valence-corrected chi connectivity index (χ1v) is 13.5. The van der Waals surface area contributed by atoms with E-state index in [1.807, 2.05) is 42.0 Å². The summed E-state index contributed by atoms with van der Waals surface area (Å²) in [6, 6.07) is 8.07. The second-order valence-corrected chi connectivity index (χ2v) is 11.9. The quantitative estimate of drug-likeness (QED) is 0.389. The van der Waals surface area contributed by atoms with Crippen LogP contribution in [-0.4, -0.2) is 36.4 Å². The number of unbranched alkanes of at least 4 members (excludes halogenated alkanes) is 1. The van der Waals surface area contributed by atoms with Crippen molar-refractivity contribution in [3.8, 4) is 11.1 Å². The Morgan fingerprint density at radius 2 is 1.94 bits per heavy atom. The maximum atomic E-state index is 13.3. The fraction of sp³-hybridized carbons (Fsp3) is 0.417. The van der Waals surface area contributed by atoms with E-state index in [2.05, 4.69) is 18.8 Å². The van der Waals surface area contributed by atoms with Gasteiger partial charge in [0.2, 0.25) is 0 Å². The maximum Gasteiger partial charge on any atom is 0.404 e. The number of carbonyl (C=O) groups is 1. The van der Waals surface area contributed by atoms with Crippen LogP contribution in [0.15, 0.2) is 47.2 Å². The van der Waals surface area contributed by atoms with Crippen LogP contribution in [0.1, 0.15) is 42.7 Å². The van der Waals surface area contributed by atoms with Gasteiger partial charge in [0.1, 0.15) is 4.21 Å². The summed E-state index contributed by atoms with van der Waals surface area (Å²) in [5.74, 6) is 0.427. The molecule has 0 aliphatic rings. The molecule has 2 N–H and O–H groups in total. The Hall–Kier alpha value is -2.65. The Morgan fingerprint density at radius 3 is 2.55 bits per heavy atom. The van der Waals surface area contributed by atoms with Gasteiger partial charge in [-0.1, -0.05) is 38.1 Å². The SMILES string of the molecule is Cc1c(CC(C)C)sc(S(=O)(=O)CCCCOC(N)=O)c1-c1ccc(Cn2ccnc2)cc1. The van der Waals surface area contributed by atoms with E-state index < -0.39 is 15.9 Å². The monoisotopic (exact) mass is 489 g/mol. The average molecular weight is 490 g/mol. The number of carbonyl (C=O) groups excluding carboxylic acids is 1. The summed E-state index contributed by atoms with van der Waals surface area (Å²) in [5.41, 5.74) is 8.82. The Labute approximate surface area is 199 Å². The van der Waals surface area contributed by atoms with Gasteiger partial charge in [0.05, 0.1) is 18.7 Å². The van der Waals surface area contributed by atoms with Crippen LogP contribution in [-0.2, 0) is 27.5 Å². The highest BCUT2D eigenvalue weighted by Gasteiger charge is 2.26. The topological polar surface area (TPSA) is 104 Å². The molecule has 2 heterocycles. The molecule has 33 heavy (non-hydrogen) atoms. The Morgan fingerprint density at radius 1 is 1.21 bits per heavy atom. The highest BCUT2D eigenvalue weighted by Crippen LogP contribution is 2.41. The number of thiophene rings is 1. The number of aromatic nitrogens is 2. The fourth-order valence-corrected chi connectivity index (χ4v) is 7.36. The molecule has 0 saturated heterocycles. The van der Waals surface area contributed by atoms with Crippen molar-refractivity contribution in [1.29, 1.82) is 0 Å². The zero-order valence-corrected chi connectivity index (χ0v) is 20.9. The lowest BCUT2D eigenvalue weighted by molar-refractivity contribution is 0.155. The van der Waals surface area contributed by atoms with Crippen LogP contribution in [0.2, 0.25) is 0 Å². The molecule has 0 aliphatic carbocycles. The summed E-state index contributed by atoms with van der Waals surface area (Å²) in [6.45, 7) is 7.12. The predicted octanol–water partition coefficient (Wildman–Crippen LogP) is 4.82. The van der Waals surface area contributed by atoms with Crippen molar-refractivity contribution >= 4 is 27.3 Å². The highest BCUT2D eigenvalue weighted by atomic mass is 32.2. The second-order valence-electron chi connectivity index (χ2n) is 8.54. The van der Waals surface area contributed by atoms with Crippen LogP contribution in [0.3, 0.4) is 0 Å². The first-order valence-electron chi connectivity index (χ1n) is 11.0. The number of nitrogens with zero attached hydrogens (tertiary/aromatic N) is 2. The standard InChI is InChI=1S/C24H31N3O4S2/c1-17(2)14-21-18(3)22(20-8-6-19(7-9-20)15-27-11-10-26-16-27)23(32-21)33(29,30)13-5-4-12-31-24(25)28/h6-11,16-17H,4-5,12-15H2,1-3H3,(H2,25,28). The Bertz CT molecular complexity index is 1170. The number of primary amides is 1. The zero-order chi connectivity index (χ0) is 24.0. The van der Waals surface area contributed by atoms with E-state index in [9.17, 15) is 13.2 Å². The first-order chi connectivity index (χ1) is 15.7. The van der Waals surface area contributed by atoms with E-state index >= 15 is 0 Å². The third-order valence-electron chi connectivity index (χ3n) is 5.31. The van der Waals surface area contributed by atoms with Gasteiger partial charge in [-0.15, -0.1) is 11.3 Å². The number of nitrogens with two attached hydrogens (primary N) is 1. The predicted molar refractivity (Wildman–Crippen MR) is 131 cm³/mol. The summed E-state index contributed by atoms with van der Waals surface area (Å²) in [7, 11) is -3.49. The molecule has 0 atom stereocenters. The molecule has 9 heteroatoms. The third kappa shape index (κ3) is 6.68. The van der Waals surface area contributed by atoms with Crippen molar-refractivity contribution in [2.75, 3.05) is 12.4 Å². The van der Waals surface area contributed by atoms with Gasteiger partial charge in [0, 0.05) is 29.4 Å². The summed E-state index contributed by atoms with van der Waals surface area (Å²) in [5, 5.41) is 0. The van der Waals surface area contributed by atoms with Crippen molar-refractivity contribution in [2.45, 2.75) is 50.8 Å². The Kier molecular flexibility index (Phi) is 8.31. The van der Waals surface area contributed by atoms with E-state index in [4.69, 9.17) is 10.5 Å². The molecule has 0 radical (unpaired) electrons. The average Bonchev–Trinajstić information content (AvgIpc) is 3.36. The lowest BCUT2D eigenvalue weighted by atomic mass is 9.99. The second kappa shape index (κ2) is 11.0. The highest BCUT2D eigenvalue weighted by molar-refractivity contribution is 7.93. The molecule has 0 spiro atoms. The number of benzene rings is 1. The number of amides is 1. The summed E-state index contributed by atoms with van der Waals surface area (Å²) in [4.78, 5) is 15.9. The van der Waals surface area contributed by atoms with Crippen molar-refractivity contribution < 1.29 is 17.9 Å². The van der Waals surface area contributed by atoms with Crippen LogP contribution < -0.4 is 5.73 Å². The number of imidazole rings is 1. The Balaban J connectivity index is 1.88. The normalized spacial score (nSPS) is 11.8. The number of hydrogen-bond acceptors (Lipinski definition) is 6. The van der Waals surface area contributed by atoms with Gasteiger partial charge in [-0.3, -0.25) is 0 Å². The molecular weight excluding hydrogens is 458 g/mol. The molecular formula is C24H31N3O4S2. The van der Waals surface area contributed by atoms with Gasteiger partial charge in [-0.25, -0.2) is 18.2 Å². The smallest absolute Gasteiger partial charge is 0.404 e. The molecule has 0 bridgehead atoms. The minimum atomic E-state index is -3.49. The first kappa shape index (κ1) is 25.0. The van der Waals surface area contributed by atoms with Gasteiger partial charge in [0.15, 0.2) is 9.84 Å². The number of rotatable bonds is 11. The van der Waals surface area contributed by atoms with Gasteiger partial charge in [-0.05, 0) is 48.8 Å². The number of hydrogen-bond donors (Lipinski definition) is 1. The summed E-state index contributed by atoms with van der Waals surface area (Å²) < 4.78 is 33.8. The van der Waals surface area contributed by atoms with Crippen LogP contribution in [0, 0.1) is 12.8 Å². The minimum Gasteiger partial charge on any atom is -0.450 e. The van der Waals surface area contributed by atoms with E-state index in [1.54, 1.807) is 12.5 Å². The summed E-state index contributed by atoms with van der Waals surface area (Å²) >= 11 is 1.39. The summed E-state index contributed by atoms with van der Waals surface area (Å²) in [6.07, 6.45) is 6.27. The molecule has 0 fully saturated rings. The van der Waals surface area contributed by atoms with Crippen LogP contribution >= 0.6 is 11.3 Å². The number of ether oxygens (including phenoxy) is 1. The molecule has 0 aliphatic heterocycles. The van der Waals surface area contributed by atoms with Gasteiger partial charge in [0.25, 0.3) is 0 Å². The minimum absolute atomic E-state index is 0.00189. The van der Waals surface area contributed by atoms with Crippen LogP contribution in [0.5, 0.6) is 0 Å². The molecule has 3 aromatic rings. The fourth-order valence-electron chi connectivity index (χ4n) is 3.68. The van der Waals surface area contributed by atoms with E-state index in [0.29, 0.717) is 29.5 Å². The van der Waals surface area contributed by atoms with Crippen molar-refractivity contribution in [3.63, 3.8) is 0 Å². The molecule has 1 amide bonds. The maximum absolute atomic E-state index is 13.3. The molecule has 2 aromatic heterocycles. The van der Waals surface area contributed by atoms with E-state index in [1.165, 1.54) is 11.3 Å². The van der Waals surface area contributed by atoms with E-state index in [-0.39, 0.29) is 12.4 Å². The van der Waals surface area contributed by atoms with Crippen LogP contribution in [0.4, 0.5) is 4.79 Å². The third-order valence-corrected chi connectivity index (χ3v) is 9.02. The van der Waals surface area contributed by atoms with Crippen molar-refractivity contribution in [2.24, 2.45) is 11.7 Å². The lowest BCUT2D eigenvalue weighted by Crippen LogP contribution is -2.14. The van der Waals surface area contributed by atoms with E-state index in [0.717, 1.165) is 33.6 Å². The van der Waals surface area contributed by atoms with Gasteiger partial charge < -0.3 is 15.0 Å². The molecule has 0 unspecified atom stereocenters. The molecule has 7 nitrogen and oxygen atoms in total. The largest absolute Gasteiger partial charge is 0.450 e. The van der Waals surface area contributed by atoms with Crippen molar-refractivity contribution in [3.05, 3.63) is 59.0 Å². The molecule has 3 rings (SSSR count).